The lowest BCUT2D eigenvalue weighted by Crippen LogP contribution is -2.62. The first-order valence-corrected chi connectivity index (χ1v) is 30.5. The Labute approximate surface area is 471 Å². The minimum atomic E-state index is -0.156. The summed E-state index contributed by atoms with van der Waals surface area (Å²) in [6.07, 6.45) is 9.38. The first-order valence-electron chi connectivity index (χ1n) is 29.7. The number of aryl methyl sites for hydroxylation is 1. The number of fused-ring (bicyclic) bond motifs is 15. The highest BCUT2D eigenvalue weighted by Crippen LogP contribution is 2.63. The van der Waals surface area contributed by atoms with Gasteiger partial charge in [-0.05, 0) is 184 Å². The van der Waals surface area contributed by atoms with Crippen molar-refractivity contribution in [2.24, 2.45) is 0 Å². The van der Waals surface area contributed by atoms with Gasteiger partial charge in [0.2, 0.25) is 0 Å². The van der Waals surface area contributed by atoms with E-state index in [1.54, 1.807) is 0 Å². The van der Waals surface area contributed by atoms with Crippen LogP contribution in [0.5, 0.6) is 0 Å². The molecule has 6 heteroatoms. The molecule has 0 bridgehead atoms. The minimum absolute atomic E-state index is 0.00144. The third-order valence-electron chi connectivity index (χ3n) is 21.8. The Morgan fingerprint density at radius 3 is 1.72 bits per heavy atom. The fourth-order valence-corrected chi connectivity index (χ4v) is 18.0. The van der Waals surface area contributed by atoms with E-state index in [-0.39, 0.29) is 39.3 Å². The smallest absolute Gasteiger partial charge is 0.252 e. The third kappa shape index (κ3) is 6.33. The van der Waals surface area contributed by atoms with Crippen molar-refractivity contribution in [2.45, 2.75) is 160 Å². The van der Waals surface area contributed by atoms with Crippen LogP contribution in [0.15, 0.2) is 144 Å². The van der Waals surface area contributed by atoms with E-state index >= 15 is 0 Å². The van der Waals surface area contributed by atoms with E-state index < -0.39 is 0 Å². The van der Waals surface area contributed by atoms with Gasteiger partial charge < -0.3 is 19.1 Å². The van der Waals surface area contributed by atoms with Gasteiger partial charge in [0.1, 0.15) is 5.58 Å². The first kappa shape index (κ1) is 48.2. The lowest BCUT2D eigenvalue weighted by molar-refractivity contribution is 0.195. The van der Waals surface area contributed by atoms with E-state index in [1.165, 1.54) is 135 Å². The normalized spacial score (nSPS) is 22.6. The molecule has 5 heterocycles. The summed E-state index contributed by atoms with van der Waals surface area (Å²) >= 11 is 1.95. The van der Waals surface area contributed by atoms with Crippen LogP contribution in [-0.2, 0) is 27.1 Å². The van der Waals surface area contributed by atoms with E-state index in [1.807, 2.05) is 11.3 Å². The number of benzene rings is 8. The maximum Gasteiger partial charge on any atom is 0.252 e. The van der Waals surface area contributed by atoms with Crippen LogP contribution in [-0.4, -0.2) is 12.3 Å². The van der Waals surface area contributed by atoms with E-state index in [2.05, 4.69) is 230 Å². The Kier molecular flexibility index (Phi) is 9.62. The summed E-state index contributed by atoms with van der Waals surface area (Å²) in [6.45, 7) is 27.5. The van der Waals surface area contributed by atoms with Crippen LogP contribution in [0.2, 0.25) is 0 Å². The first-order chi connectivity index (χ1) is 37.8. The second-order valence-corrected chi connectivity index (χ2v) is 29.2. The SMILES string of the molecule is Cc1cc2c(cc1N1c3cc4c(cc3B3c5cc6c(cc5N(c5cccc7c5oc5ccccc57)c5cc(N7c8ccccc8C8(C)CCCCC78C)cc1c53)C(C)(C)CCC6(C)C)sc1ccccc14)C(C)(C)CCC2(C)C. The Balaban J connectivity index is 1.09. The summed E-state index contributed by atoms with van der Waals surface area (Å²) in [6, 6.07) is 55.2. The monoisotopic (exact) mass is 1050 g/mol. The summed E-state index contributed by atoms with van der Waals surface area (Å²) in [5, 5.41) is 4.97. The number of para-hydroxylation sites is 3. The van der Waals surface area contributed by atoms with Crippen molar-refractivity contribution < 1.29 is 4.42 Å². The summed E-state index contributed by atoms with van der Waals surface area (Å²) < 4.78 is 9.88. The zero-order valence-electron chi connectivity index (χ0n) is 48.2. The molecule has 3 aliphatic carbocycles. The molecule has 79 heavy (non-hydrogen) atoms. The highest BCUT2D eigenvalue weighted by Gasteiger charge is 2.58. The molecule has 0 amide bonds. The highest BCUT2D eigenvalue weighted by molar-refractivity contribution is 7.26. The summed E-state index contributed by atoms with van der Waals surface area (Å²) in [7, 11) is 0. The Morgan fingerprint density at radius 2 is 0.987 bits per heavy atom. The van der Waals surface area contributed by atoms with E-state index in [0.717, 1.165) is 53.3 Å². The van der Waals surface area contributed by atoms with Gasteiger partial charge in [0, 0.05) is 76.2 Å². The molecule has 0 spiro atoms. The number of hydrogen-bond donors (Lipinski definition) is 0. The van der Waals surface area contributed by atoms with Crippen LogP contribution < -0.4 is 31.1 Å². The minimum Gasteiger partial charge on any atom is -0.454 e. The lowest BCUT2D eigenvalue weighted by atomic mass is 9.33. The third-order valence-corrected chi connectivity index (χ3v) is 23.0. The Hall–Kier alpha value is -6.76. The topological polar surface area (TPSA) is 22.9 Å². The molecular formula is C73H72BN3OS. The predicted molar refractivity (Wildman–Crippen MR) is 339 cm³/mol. The largest absolute Gasteiger partial charge is 0.454 e. The Morgan fingerprint density at radius 1 is 0.430 bits per heavy atom. The van der Waals surface area contributed by atoms with Crippen molar-refractivity contribution in [1.29, 1.82) is 0 Å². The van der Waals surface area contributed by atoms with Gasteiger partial charge >= 0.3 is 0 Å². The highest BCUT2D eigenvalue weighted by atomic mass is 32.1. The predicted octanol–water partition coefficient (Wildman–Crippen LogP) is 18.8. The molecule has 6 aliphatic rings. The van der Waals surface area contributed by atoms with E-state index in [9.17, 15) is 0 Å². The molecule has 8 aromatic carbocycles. The Bertz CT molecular complexity index is 4320. The summed E-state index contributed by atoms with van der Waals surface area (Å²) in [5.74, 6) is 0. The van der Waals surface area contributed by atoms with Gasteiger partial charge in [0.05, 0.1) is 11.2 Å². The number of hydrogen-bond acceptors (Lipinski definition) is 5. The van der Waals surface area contributed by atoms with Gasteiger partial charge in [-0.15, -0.1) is 11.3 Å². The van der Waals surface area contributed by atoms with Crippen molar-refractivity contribution in [3.8, 4) is 0 Å². The molecule has 4 nitrogen and oxygen atoms in total. The van der Waals surface area contributed by atoms with Gasteiger partial charge in [-0.2, -0.15) is 0 Å². The molecule has 3 aliphatic heterocycles. The molecule has 1 fully saturated rings. The number of rotatable bonds is 3. The quantitative estimate of drug-likeness (QED) is 0.165. The molecule has 394 valence electrons. The molecule has 2 aromatic heterocycles. The van der Waals surface area contributed by atoms with Gasteiger partial charge in [-0.25, -0.2) is 0 Å². The molecule has 0 saturated heterocycles. The van der Waals surface area contributed by atoms with Crippen LogP contribution >= 0.6 is 11.3 Å². The van der Waals surface area contributed by atoms with Crippen LogP contribution in [0, 0.1) is 6.92 Å². The average Bonchev–Trinajstić information content (AvgIpc) is 2.60. The molecule has 0 N–H and O–H groups in total. The maximum absolute atomic E-state index is 7.19. The molecule has 0 radical (unpaired) electrons. The van der Waals surface area contributed by atoms with Crippen LogP contribution in [0.25, 0.3) is 42.1 Å². The van der Waals surface area contributed by atoms with E-state index in [0.29, 0.717) is 0 Å². The zero-order chi connectivity index (χ0) is 54.1. The maximum atomic E-state index is 7.19. The number of furan rings is 1. The second kappa shape index (κ2) is 15.8. The van der Waals surface area contributed by atoms with Crippen molar-refractivity contribution in [1.82, 2.24) is 0 Å². The van der Waals surface area contributed by atoms with Gasteiger partial charge in [0.15, 0.2) is 5.58 Å². The fourth-order valence-electron chi connectivity index (χ4n) is 16.9. The van der Waals surface area contributed by atoms with Crippen molar-refractivity contribution in [2.75, 3.05) is 14.7 Å². The molecular weight excluding hydrogens is 978 g/mol. The van der Waals surface area contributed by atoms with Gasteiger partial charge in [-0.3, -0.25) is 0 Å². The molecule has 16 rings (SSSR count). The number of nitrogens with zero attached hydrogens (tertiary/aromatic N) is 3. The van der Waals surface area contributed by atoms with Crippen LogP contribution in [0.1, 0.15) is 154 Å². The zero-order valence-corrected chi connectivity index (χ0v) is 49.0. The van der Waals surface area contributed by atoms with E-state index in [4.69, 9.17) is 4.42 Å². The fraction of sp³-hybridized carbons (Fsp3) is 0.342. The van der Waals surface area contributed by atoms with Crippen molar-refractivity contribution >= 4 is 122 Å². The molecule has 2 unspecified atom stereocenters. The standard InChI is InChI=1S/C73H72BN3OS/c1-43-35-50-52(70(6,7)33-31-68(50,2)3)40-58(43)76-59-38-48-46-22-13-17-28-64(46)79-65(48)42-55(59)74-54-39-51-53(71(8,9)34-32-69(51,4)5)41-60(54)75(57-26-20-23-47-45-21-12-16-27-63(45)78-67(47)57)61-36-44(37-62(76)66(61)74)77-56-25-15-14-24-49(56)72(10)29-18-19-30-73(72,77)11/h12-17,20-28,35-42H,18-19,29-34H2,1-11H3. The van der Waals surface area contributed by atoms with Crippen LogP contribution in [0.3, 0.4) is 0 Å². The summed E-state index contributed by atoms with van der Waals surface area (Å²) in [4.78, 5) is 8.29. The second-order valence-electron chi connectivity index (χ2n) is 28.1. The number of anilines is 8. The molecule has 2 atom stereocenters. The summed E-state index contributed by atoms with van der Waals surface area (Å²) in [5.41, 5.74) is 24.7. The van der Waals surface area contributed by atoms with Crippen LogP contribution in [0.4, 0.5) is 45.5 Å². The van der Waals surface area contributed by atoms with Gasteiger partial charge in [-0.1, -0.05) is 154 Å². The molecule has 1 saturated carbocycles. The lowest BCUT2D eigenvalue weighted by Gasteiger charge is -2.51. The van der Waals surface area contributed by atoms with Crippen molar-refractivity contribution in [3.05, 3.63) is 173 Å². The van der Waals surface area contributed by atoms with Crippen molar-refractivity contribution in [3.63, 3.8) is 0 Å². The number of thiophene rings is 1. The average molecular weight is 1050 g/mol. The molecule has 10 aromatic rings. The van der Waals surface area contributed by atoms with Gasteiger partial charge in [0.25, 0.3) is 6.71 Å².